The number of rotatable bonds is 10. The molecular formula is C27H28N4O2S. The van der Waals surface area contributed by atoms with Crippen LogP contribution in [0.15, 0.2) is 84.9 Å². The van der Waals surface area contributed by atoms with Crippen LogP contribution < -0.4 is 10.6 Å². The standard InChI is InChI=1S/C27H28N4O2S/c1-34-17-16-23(26-29-21-14-8-9-15-22(21)30-26)28-25(32)18-24(19-10-4-2-5-11-19)31-27(33)20-12-6-3-7-13-20/h2-15,23-24H,16-18H2,1H3,(H,28,32)(H,29,30)(H,31,33)/t23-,24?/m0/s1. The van der Waals surface area contributed by atoms with E-state index in [2.05, 4.69) is 15.6 Å². The lowest BCUT2D eigenvalue weighted by Gasteiger charge is -2.21. The summed E-state index contributed by atoms with van der Waals surface area (Å²) < 4.78 is 0. The number of carbonyl (C=O) groups excluding carboxylic acids is 2. The topological polar surface area (TPSA) is 86.9 Å². The molecule has 7 heteroatoms. The Morgan fingerprint density at radius 3 is 2.26 bits per heavy atom. The van der Waals surface area contributed by atoms with Crippen LogP contribution in [0.3, 0.4) is 0 Å². The molecule has 0 aliphatic rings. The van der Waals surface area contributed by atoms with Crippen LogP contribution in [0.4, 0.5) is 0 Å². The number of thioether (sulfide) groups is 1. The molecule has 34 heavy (non-hydrogen) atoms. The zero-order valence-corrected chi connectivity index (χ0v) is 19.8. The first kappa shape index (κ1) is 23.6. The van der Waals surface area contributed by atoms with Gasteiger partial charge in [0.1, 0.15) is 5.82 Å². The van der Waals surface area contributed by atoms with Crippen LogP contribution in [0.5, 0.6) is 0 Å². The number of nitrogens with one attached hydrogen (secondary N) is 3. The smallest absolute Gasteiger partial charge is 0.251 e. The van der Waals surface area contributed by atoms with Crippen molar-refractivity contribution in [2.75, 3.05) is 12.0 Å². The molecular weight excluding hydrogens is 444 g/mol. The van der Waals surface area contributed by atoms with Crippen molar-refractivity contribution in [3.8, 4) is 0 Å². The number of H-pyrrole nitrogens is 1. The van der Waals surface area contributed by atoms with Gasteiger partial charge in [-0.05, 0) is 48.3 Å². The lowest BCUT2D eigenvalue weighted by Crippen LogP contribution is -2.35. The van der Waals surface area contributed by atoms with Crippen LogP contribution in [0, 0.1) is 0 Å². The first-order valence-corrected chi connectivity index (χ1v) is 12.7. The van der Waals surface area contributed by atoms with Crippen molar-refractivity contribution in [3.63, 3.8) is 0 Å². The molecule has 3 aromatic carbocycles. The van der Waals surface area contributed by atoms with Crippen molar-refractivity contribution in [1.82, 2.24) is 20.6 Å². The summed E-state index contributed by atoms with van der Waals surface area (Å²) in [7, 11) is 0. The van der Waals surface area contributed by atoms with E-state index < -0.39 is 6.04 Å². The highest BCUT2D eigenvalue weighted by Crippen LogP contribution is 2.22. The summed E-state index contributed by atoms with van der Waals surface area (Å²) in [4.78, 5) is 34.1. The fourth-order valence-corrected chi connectivity index (χ4v) is 4.33. The predicted octanol–water partition coefficient (Wildman–Crippen LogP) is 5.03. The Hall–Kier alpha value is -3.58. The highest BCUT2D eigenvalue weighted by Gasteiger charge is 2.23. The molecule has 0 aliphatic carbocycles. The SMILES string of the molecule is CSCC[C@H](NC(=O)CC(NC(=O)c1ccccc1)c1ccccc1)c1nc2ccccc2[nH]1. The lowest BCUT2D eigenvalue weighted by atomic mass is 10.0. The van der Waals surface area contributed by atoms with Crippen LogP contribution in [0.1, 0.15) is 46.7 Å². The lowest BCUT2D eigenvalue weighted by molar-refractivity contribution is -0.122. The normalized spacial score (nSPS) is 12.7. The fourth-order valence-electron chi connectivity index (χ4n) is 3.86. The van der Waals surface area contributed by atoms with E-state index in [9.17, 15) is 9.59 Å². The molecule has 4 aromatic rings. The number of carbonyl (C=O) groups is 2. The monoisotopic (exact) mass is 472 g/mol. The number of benzene rings is 3. The van der Waals surface area contributed by atoms with Crippen LogP contribution in [-0.4, -0.2) is 33.8 Å². The van der Waals surface area contributed by atoms with Crippen molar-refractivity contribution < 1.29 is 9.59 Å². The van der Waals surface area contributed by atoms with Crippen molar-refractivity contribution in [3.05, 3.63) is 102 Å². The Morgan fingerprint density at radius 1 is 0.882 bits per heavy atom. The van der Waals surface area contributed by atoms with E-state index in [-0.39, 0.29) is 24.3 Å². The highest BCUT2D eigenvalue weighted by molar-refractivity contribution is 7.98. The van der Waals surface area contributed by atoms with E-state index in [0.29, 0.717) is 5.56 Å². The van der Waals surface area contributed by atoms with Gasteiger partial charge in [0.2, 0.25) is 5.91 Å². The maximum atomic E-state index is 13.2. The molecule has 3 N–H and O–H groups in total. The van der Waals surface area contributed by atoms with E-state index >= 15 is 0 Å². The Morgan fingerprint density at radius 2 is 1.56 bits per heavy atom. The Labute approximate surface area is 203 Å². The number of nitrogens with zero attached hydrogens (tertiary/aromatic N) is 1. The number of para-hydroxylation sites is 2. The van der Waals surface area contributed by atoms with Crippen LogP contribution in [0.25, 0.3) is 11.0 Å². The van der Waals surface area contributed by atoms with Crippen molar-refractivity contribution in [2.45, 2.75) is 24.9 Å². The maximum absolute atomic E-state index is 13.2. The van der Waals surface area contributed by atoms with Gasteiger partial charge in [-0.1, -0.05) is 60.7 Å². The number of fused-ring (bicyclic) bond motifs is 1. The molecule has 0 bridgehead atoms. The van der Waals surface area contributed by atoms with Gasteiger partial charge in [-0.15, -0.1) is 0 Å². The molecule has 2 atom stereocenters. The Bertz CT molecular complexity index is 1190. The number of hydrogen-bond acceptors (Lipinski definition) is 4. The minimum absolute atomic E-state index is 0.124. The number of amides is 2. The van der Waals surface area contributed by atoms with Gasteiger partial charge in [0.05, 0.1) is 29.5 Å². The zero-order valence-electron chi connectivity index (χ0n) is 19.0. The van der Waals surface area contributed by atoms with E-state index in [4.69, 9.17) is 4.98 Å². The summed E-state index contributed by atoms with van der Waals surface area (Å²) in [5.74, 6) is 1.27. The minimum atomic E-state index is -0.453. The molecule has 0 saturated carbocycles. The molecule has 174 valence electrons. The van der Waals surface area contributed by atoms with Gasteiger partial charge < -0.3 is 15.6 Å². The van der Waals surface area contributed by atoms with Crippen molar-refractivity contribution in [1.29, 1.82) is 0 Å². The molecule has 0 fully saturated rings. The summed E-state index contributed by atoms with van der Waals surface area (Å²) in [6, 6.07) is 25.8. The summed E-state index contributed by atoms with van der Waals surface area (Å²) >= 11 is 1.73. The maximum Gasteiger partial charge on any atom is 0.251 e. The van der Waals surface area contributed by atoms with Crippen LogP contribution in [-0.2, 0) is 4.79 Å². The van der Waals surface area contributed by atoms with Gasteiger partial charge in [-0.3, -0.25) is 9.59 Å². The molecule has 6 nitrogen and oxygen atoms in total. The summed E-state index contributed by atoms with van der Waals surface area (Å²) in [6.07, 6.45) is 2.92. The fraction of sp³-hybridized carbons (Fsp3) is 0.222. The Balaban J connectivity index is 1.51. The molecule has 0 spiro atoms. The second-order valence-electron chi connectivity index (χ2n) is 8.05. The molecule has 0 saturated heterocycles. The molecule has 1 heterocycles. The molecule has 0 radical (unpaired) electrons. The molecule has 2 amide bonds. The van der Waals surface area contributed by atoms with Gasteiger partial charge in [0, 0.05) is 5.56 Å². The summed E-state index contributed by atoms with van der Waals surface area (Å²) in [6.45, 7) is 0. The Kier molecular flexibility index (Phi) is 7.99. The highest BCUT2D eigenvalue weighted by atomic mass is 32.2. The van der Waals surface area contributed by atoms with E-state index in [1.54, 1.807) is 23.9 Å². The van der Waals surface area contributed by atoms with Gasteiger partial charge >= 0.3 is 0 Å². The first-order chi connectivity index (χ1) is 16.6. The third kappa shape index (κ3) is 6.05. The average molecular weight is 473 g/mol. The van der Waals surface area contributed by atoms with E-state index in [1.807, 2.05) is 79.1 Å². The quantitative estimate of drug-likeness (QED) is 0.302. The first-order valence-electron chi connectivity index (χ1n) is 11.3. The largest absolute Gasteiger partial charge is 0.346 e. The molecule has 4 rings (SSSR count). The van der Waals surface area contributed by atoms with E-state index in [1.165, 1.54) is 0 Å². The average Bonchev–Trinajstić information content (AvgIpc) is 3.31. The van der Waals surface area contributed by atoms with Crippen LogP contribution >= 0.6 is 11.8 Å². The van der Waals surface area contributed by atoms with Crippen LogP contribution in [0.2, 0.25) is 0 Å². The number of aromatic amines is 1. The minimum Gasteiger partial charge on any atom is -0.346 e. The molecule has 1 aromatic heterocycles. The van der Waals surface area contributed by atoms with Gasteiger partial charge in [-0.25, -0.2) is 4.98 Å². The number of imidazole rings is 1. The number of aromatic nitrogens is 2. The van der Waals surface area contributed by atoms with Gasteiger partial charge in [0.25, 0.3) is 5.91 Å². The third-order valence-electron chi connectivity index (χ3n) is 5.62. The molecule has 0 aliphatic heterocycles. The zero-order chi connectivity index (χ0) is 23.8. The second kappa shape index (κ2) is 11.5. The second-order valence-corrected chi connectivity index (χ2v) is 9.03. The van der Waals surface area contributed by atoms with Crippen molar-refractivity contribution >= 4 is 34.6 Å². The summed E-state index contributed by atoms with van der Waals surface area (Å²) in [5, 5.41) is 6.18. The third-order valence-corrected chi connectivity index (χ3v) is 6.26. The van der Waals surface area contributed by atoms with Crippen molar-refractivity contribution in [2.24, 2.45) is 0 Å². The summed E-state index contributed by atoms with van der Waals surface area (Å²) in [5.41, 5.74) is 3.26. The number of hydrogen-bond donors (Lipinski definition) is 3. The van der Waals surface area contributed by atoms with E-state index in [0.717, 1.165) is 34.6 Å². The van der Waals surface area contributed by atoms with Gasteiger partial charge in [0.15, 0.2) is 0 Å². The molecule has 1 unspecified atom stereocenters. The van der Waals surface area contributed by atoms with Gasteiger partial charge in [-0.2, -0.15) is 11.8 Å². The predicted molar refractivity (Wildman–Crippen MR) is 138 cm³/mol.